The maximum Gasteiger partial charge on any atom is 0.143 e. The molecular weight excluding hydrogens is 201 g/mol. The van der Waals surface area contributed by atoms with E-state index in [1.807, 2.05) is 0 Å². The van der Waals surface area contributed by atoms with E-state index in [0.29, 0.717) is 5.82 Å². The lowest BCUT2D eigenvalue weighted by molar-refractivity contribution is 0.414. The van der Waals surface area contributed by atoms with E-state index in [1.54, 1.807) is 25.4 Å². The van der Waals surface area contributed by atoms with Crippen molar-refractivity contribution in [1.82, 2.24) is 4.98 Å². The highest BCUT2D eigenvalue weighted by Crippen LogP contribution is 2.11. The Bertz CT molecular complexity index is 202. The van der Waals surface area contributed by atoms with Crippen LogP contribution in [0.1, 0.15) is 0 Å². The van der Waals surface area contributed by atoms with Crippen LogP contribution in [0.3, 0.4) is 0 Å². The number of nitrogens with zero attached hydrogens (tertiary/aromatic N) is 1. The third kappa shape index (κ3) is 3.61. The molecule has 0 unspecified atom stereocenters. The van der Waals surface area contributed by atoms with Gasteiger partial charge in [0.05, 0.1) is 7.11 Å². The van der Waals surface area contributed by atoms with Crippen LogP contribution >= 0.6 is 24.8 Å². The summed E-state index contributed by atoms with van der Waals surface area (Å²) in [4.78, 5) is 3.89. The zero-order valence-corrected chi connectivity index (χ0v) is 8.11. The first-order valence-corrected chi connectivity index (χ1v) is 2.83. The summed E-state index contributed by atoms with van der Waals surface area (Å²) >= 11 is 0. The molecule has 0 atom stereocenters. The second-order valence-electron chi connectivity index (χ2n) is 1.73. The molecule has 1 aromatic heterocycles. The smallest absolute Gasteiger partial charge is 0.143 e. The fourth-order valence-corrected chi connectivity index (χ4v) is 0.617. The number of aromatic nitrogens is 1. The number of hydrogen-bond acceptors (Lipinski definition) is 4. The van der Waals surface area contributed by atoms with Gasteiger partial charge in [-0.25, -0.2) is 10.8 Å². The van der Waals surface area contributed by atoms with Gasteiger partial charge in [0.25, 0.3) is 0 Å². The topological polar surface area (TPSA) is 60.2 Å². The number of rotatable bonds is 2. The van der Waals surface area contributed by atoms with Gasteiger partial charge in [-0.1, -0.05) is 0 Å². The number of pyridine rings is 1. The van der Waals surface area contributed by atoms with Gasteiger partial charge in [-0.3, -0.25) is 0 Å². The molecule has 1 rings (SSSR count). The van der Waals surface area contributed by atoms with E-state index < -0.39 is 0 Å². The van der Waals surface area contributed by atoms with E-state index in [-0.39, 0.29) is 24.8 Å². The maximum atomic E-state index is 5.11. The highest BCUT2D eigenvalue weighted by atomic mass is 35.5. The molecule has 0 fully saturated rings. The maximum absolute atomic E-state index is 5.11. The normalized spacial score (nSPS) is 7.50. The Morgan fingerprint density at radius 3 is 2.67 bits per heavy atom. The second-order valence-corrected chi connectivity index (χ2v) is 1.73. The molecule has 0 bridgehead atoms. The molecule has 0 saturated carbocycles. The van der Waals surface area contributed by atoms with Crippen molar-refractivity contribution in [3.63, 3.8) is 0 Å². The van der Waals surface area contributed by atoms with Crippen LogP contribution in [-0.2, 0) is 0 Å². The fraction of sp³-hybridized carbons (Fsp3) is 0.167. The van der Waals surface area contributed by atoms with Crippen molar-refractivity contribution in [3.8, 4) is 5.75 Å². The molecule has 0 aliphatic heterocycles. The zero-order valence-electron chi connectivity index (χ0n) is 6.48. The van der Waals surface area contributed by atoms with Crippen LogP contribution in [0.25, 0.3) is 0 Å². The minimum absolute atomic E-state index is 0. The molecule has 0 aliphatic rings. The summed E-state index contributed by atoms with van der Waals surface area (Å²) in [6, 6.07) is 3.46. The quantitative estimate of drug-likeness (QED) is 0.571. The van der Waals surface area contributed by atoms with Crippen molar-refractivity contribution in [2.45, 2.75) is 0 Å². The molecule has 1 aromatic rings. The summed E-state index contributed by atoms with van der Waals surface area (Å²) in [5.74, 6) is 6.44. The summed E-state index contributed by atoms with van der Waals surface area (Å²) in [7, 11) is 1.59. The highest BCUT2D eigenvalue weighted by molar-refractivity contribution is 5.85. The highest BCUT2D eigenvalue weighted by Gasteiger charge is 1.91. The van der Waals surface area contributed by atoms with Crippen LogP contribution < -0.4 is 16.0 Å². The van der Waals surface area contributed by atoms with E-state index in [0.717, 1.165) is 5.75 Å². The second kappa shape index (κ2) is 6.97. The standard InChI is InChI=1S/C6H9N3O.2ClH/c1-10-5-2-3-8-6(4-5)9-7;;/h2-4H,7H2,1H3,(H,8,9);2*1H. The molecule has 4 nitrogen and oxygen atoms in total. The van der Waals surface area contributed by atoms with Crippen LogP contribution in [0, 0.1) is 0 Å². The molecule has 6 heteroatoms. The lowest BCUT2D eigenvalue weighted by atomic mass is 10.4. The van der Waals surface area contributed by atoms with Gasteiger partial charge in [-0.05, 0) is 6.07 Å². The number of halogens is 2. The largest absolute Gasteiger partial charge is 0.497 e. The molecule has 0 aromatic carbocycles. The number of anilines is 1. The first kappa shape index (κ1) is 13.9. The van der Waals surface area contributed by atoms with Gasteiger partial charge in [0.2, 0.25) is 0 Å². The Morgan fingerprint density at radius 1 is 1.50 bits per heavy atom. The molecule has 0 radical (unpaired) electrons. The molecule has 3 N–H and O–H groups in total. The number of methoxy groups -OCH3 is 1. The summed E-state index contributed by atoms with van der Waals surface area (Å²) in [6.45, 7) is 0. The van der Waals surface area contributed by atoms with Gasteiger partial charge < -0.3 is 10.2 Å². The third-order valence-corrected chi connectivity index (χ3v) is 1.11. The number of hydrogen-bond donors (Lipinski definition) is 2. The Labute approximate surface area is 83.3 Å². The Morgan fingerprint density at radius 2 is 2.17 bits per heavy atom. The minimum atomic E-state index is 0. The van der Waals surface area contributed by atoms with E-state index in [4.69, 9.17) is 10.6 Å². The Hall–Kier alpha value is -0.710. The van der Waals surface area contributed by atoms with Crippen LogP contribution in [0.5, 0.6) is 5.75 Å². The predicted octanol–water partition coefficient (Wildman–Crippen LogP) is 1.22. The molecule has 0 amide bonds. The van der Waals surface area contributed by atoms with Crippen LogP contribution in [-0.4, -0.2) is 12.1 Å². The lowest BCUT2D eigenvalue weighted by Gasteiger charge is -2.00. The van der Waals surface area contributed by atoms with E-state index in [1.165, 1.54) is 0 Å². The van der Waals surface area contributed by atoms with Gasteiger partial charge in [0, 0.05) is 12.3 Å². The molecule has 0 saturated heterocycles. The Kier molecular flexibility index (Phi) is 8.04. The van der Waals surface area contributed by atoms with Crippen molar-refractivity contribution < 1.29 is 4.74 Å². The van der Waals surface area contributed by atoms with E-state index in [9.17, 15) is 0 Å². The lowest BCUT2D eigenvalue weighted by Crippen LogP contribution is -2.08. The summed E-state index contributed by atoms with van der Waals surface area (Å²) in [5.41, 5.74) is 2.41. The summed E-state index contributed by atoms with van der Waals surface area (Å²) < 4.78 is 4.92. The van der Waals surface area contributed by atoms with Crippen molar-refractivity contribution in [3.05, 3.63) is 18.3 Å². The average Bonchev–Trinajstić information content (AvgIpc) is 2.05. The van der Waals surface area contributed by atoms with Crippen molar-refractivity contribution >= 4 is 30.6 Å². The molecule has 0 spiro atoms. The number of nitrogens with two attached hydrogens (primary N) is 1. The monoisotopic (exact) mass is 211 g/mol. The van der Waals surface area contributed by atoms with Gasteiger partial charge in [-0.15, -0.1) is 24.8 Å². The average molecular weight is 212 g/mol. The van der Waals surface area contributed by atoms with Crippen LogP contribution in [0.15, 0.2) is 18.3 Å². The molecule has 70 valence electrons. The van der Waals surface area contributed by atoms with Crippen LogP contribution in [0.4, 0.5) is 5.82 Å². The number of hydrazine groups is 1. The van der Waals surface area contributed by atoms with Gasteiger partial charge in [-0.2, -0.15) is 0 Å². The zero-order chi connectivity index (χ0) is 7.40. The van der Waals surface area contributed by atoms with Crippen molar-refractivity contribution in [2.75, 3.05) is 12.5 Å². The minimum Gasteiger partial charge on any atom is -0.497 e. The number of nitrogen functional groups attached to an aromatic ring is 1. The third-order valence-electron chi connectivity index (χ3n) is 1.11. The van der Waals surface area contributed by atoms with E-state index >= 15 is 0 Å². The molecule has 0 aliphatic carbocycles. The number of nitrogens with one attached hydrogen (secondary N) is 1. The van der Waals surface area contributed by atoms with Crippen molar-refractivity contribution in [1.29, 1.82) is 0 Å². The SMILES string of the molecule is COc1ccnc(NN)c1.Cl.Cl. The molecule has 1 heterocycles. The number of ether oxygens (including phenoxy) is 1. The molecular formula is C6H11Cl2N3O. The summed E-state index contributed by atoms with van der Waals surface area (Å²) in [6.07, 6.45) is 1.62. The molecule has 12 heavy (non-hydrogen) atoms. The van der Waals surface area contributed by atoms with Gasteiger partial charge >= 0.3 is 0 Å². The fourth-order valence-electron chi connectivity index (χ4n) is 0.617. The van der Waals surface area contributed by atoms with E-state index in [2.05, 4.69) is 10.4 Å². The summed E-state index contributed by atoms with van der Waals surface area (Å²) in [5, 5.41) is 0. The van der Waals surface area contributed by atoms with Gasteiger partial charge in [0.15, 0.2) is 0 Å². The Balaban J connectivity index is 0. The van der Waals surface area contributed by atoms with Crippen molar-refractivity contribution in [2.24, 2.45) is 5.84 Å². The first-order valence-electron chi connectivity index (χ1n) is 2.83. The van der Waals surface area contributed by atoms with Gasteiger partial charge in [0.1, 0.15) is 11.6 Å². The predicted molar refractivity (Wildman–Crippen MR) is 53.1 cm³/mol. The first-order chi connectivity index (χ1) is 4.86. The van der Waals surface area contributed by atoms with Crippen LogP contribution in [0.2, 0.25) is 0 Å².